The Labute approximate surface area is 83.7 Å². The lowest BCUT2D eigenvalue weighted by atomic mass is 10.0. The van der Waals surface area contributed by atoms with E-state index in [1.54, 1.807) is 0 Å². The molecule has 0 amide bonds. The Morgan fingerprint density at radius 3 is 2.64 bits per heavy atom. The molecule has 0 aliphatic heterocycles. The number of hydrogen-bond donors (Lipinski definition) is 1. The molecule has 0 aliphatic rings. The van der Waals surface area contributed by atoms with Gasteiger partial charge in [0.25, 0.3) is 0 Å². The largest absolute Gasteiger partial charge is 0.464 e. The van der Waals surface area contributed by atoms with Crippen LogP contribution in [-0.2, 0) is 6.42 Å². The van der Waals surface area contributed by atoms with Gasteiger partial charge in [-0.2, -0.15) is 0 Å². The van der Waals surface area contributed by atoms with Crippen molar-refractivity contribution in [3.05, 3.63) is 35.1 Å². The Hall–Kier alpha value is -1.28. The molecule has 0 radical (unpaired) electrons. The molecule has 2 heteroatoms. The fourth-order valence-corrected chi connectivity index (χ4v) is 1.69. The maximum Gasteiger partial charge on any atom is 0.134 e. The SMILES string of the molecule is Cc1cc2occ(CCN)c2cc1C. The number of rotatable bonds is 2. The van der Waals surface area contributed by atoms with Crippen LogP contribution in [0.5, 0.6) is 0 Å². The van der Waals surface area contributed by atoms with Gasteiger partial charge in [0.2, 0.25) is 0 Å². The Kier molecular flexibility index (Phi) is 2.30. The van der Waals surface area contributed by atoms with Crippen LogP contribution >= 0.6 is 0 Å². The first-order valence-electron chi connectivity index (χ1n) is 4.90. The molecule has 2 N–H and O–H groups in total. The second kappa shape index (κ2) is 3.46. The molecule has 0 spiro atoms. The summed E-state index contributed by atoms with van der Waals surface area (Å²) in [7, 11) is 0. The first kappa shape index (κ1) is 9.28. The van der Waals surface area contributed by atoms with Crippen molar-refractivity contribution >= 4 is 11.0 Å². The van der Waals surface area contributed by atoms with Crippen LogP contribution in [0.4, 0.5) is 0 Å². The molecule has 0 aliphatic carbocycles. The number of benzene rings is 1. The van der Waals surface area contributed by atoms with Gasteiger partial charge in [-0.05, 0) is 55.6 Å². The zero-order valence-corrected chi connectivity index (χ0v) is 8.63. The molecule has 1 heterocycles. The van der Waals surface area contributed by atoms with Crippen LogP contribution in [0.3, 0.4) is 0 Å². The van der Waals surface area contributed by atoms with Gasteiger partial charge >= 0.3 is 0 Å². The lowest BCUT2D eigenvalue weighted by molar-refractivity contribution is 0.610. The number of aryl methyl sites for hydroxylation is 2. The highest BCUT2D eigenvalue weighted by Crippen LogP contribution is 2.24. The van der Waals surface area contributed by atoms with Gasteiger partial charge in [0.05, 0.1) is 6.26 Å². The van der Waals surface area contributed by atoms with Crippen molar-refractivity contribution in [2.24, 2.45) is 5.73 Å². The van der Waals surface area contributed by atoms with Gasteiger partial charge in [-0.3, -0.25) is 0 Å². The van der Waals surface area contributed by atoms with E-state index in [2.05, 4.69) is 26.0 Å². The number of hydrogen-bond acceptors (Lipinski definition) is 2. The average molecular weight is 189 g/mol. The van der Waals surface area contributed by atoms with Crippen LogP contribution in [0.25, 0.3) is 11.0 Å². The Bertz CT molecular complexity index is 457. The van der Waals surface area contributed by atoms with Crippen molar-refractivity contribution in [3.63, 3.8) is 0 Å². The van der Waals surface area contributed by atoms with Crippen LogP contribution in [0.15, 0.2) is 22.8 Å². The molecule has 2 nitrogen and oxygen atoms in total. The third-order valence-electron chi connectivity index (χ3n) is 2.68. The molecule has 0 saturated carbocycles. The monoisotopic (exact) mass is 189 g/mol. The zero-order valence-electron chi connectivity index (χ0n) is 8.63. The van der Waals surface area contributed by atoms with E-state index in [-0.39, 0.29) is 0 Å². The normalized spacial score (nSPS) is 11.1. The van der Waals surface area contributed by atoms with Gasteiger partial charge in [0, 0.05) is 5.39 Å². The summed E-state index contributed by atoms with van der Waals surface area (Å²) < 4.78 is 5.48. The third kappa shape index (κ3) is 1.42. The average Bonchev–Trinajstić information content (AvgIpc) is 2.51. The summed E-state index contributed by atoms with van der Waals surface area (Å²) in [6.45, 7) is 4.88. The standard InChI is InChI=1S/C12H15NO/c1-8-5-11-10(3-4-13)7-14-12(11)6-9(8)2/h5-7H,3-4,13H2,1-2H3. The van der Waals surface area contributed by atoms with E-state index < -0.39 is 0 Å². The van der Waals surface area contributed by atoms with Crippen LogP contribution in [0, 0.1) is 13.8 Å². The molecule has 0 atom stereocenters. The van der Waals surface area contributed by atoms with Crippen LogP contribution in [0.2, 0.25) is 0 Å². The zero-order chi connectivity index (χ0) is 10.1. The van der Waals surface area contributed by atoms with Gasteiger partial charge in [0.15, 0.2) is 0 Å². The van der Waals surface area contributed by atoms with Crippen molar-refractivity contribution in [1.82, 2.24) is 0 Å². The molecule has 2 rings (SSSR count). The Balaban J connectivity index is 2.61. The van der Waals surface area contributed by atoms with Crippen LogP contribution in [-0.4, -0.2) is 6.54 Å². The van der Waals surface area contributed by atoms with Gasteiger partial charge < -0.3 is 10.2 Å². The number of furan rings is 1. The van der Waals surface area contributed by atoms with Crippen LogP contribution in [0.1, 0.15) is 16.7 Å². The molecule has 74 valence electrons. The second-order valence-corrected chi connectivity index (χ2v) is 3.73. The molecular weight excluding hydrogens is 174 g/mol. The van der Waals surface area contributed by atoms with Crippen molar-refractivity contribution in [1.29, 1.82) is 0 Å². The minimum Gasteiger partial charge on any atom is -0.464 e. The predicted molar refractivity (Wildman–Crippen MR) is 58.4 cm³/mol. The second-order valence-electron chi connectivity index (χ2n) is 3.73. The van der Waals surface area contributed by atoms with Crippen molar-refractivity contribution in [2.45, 2.75) is 20.3 Å². The summed E-state index contributed by atoms with van der Waals surface area (Å²) in [4.78, 5) is 0. The number of fused-ring (bicyclic) bond motifs is 1. The molecule has 0 bridgehead atoms. The molecule has 1 aromatic carbocycles. The van der Waals surface area contributed by atoms with E-state index in [0.29, 0.717) is 6.54 Å². The van der Waals surface area contributed by atoms with Gasteiger partial charge in [-0.15, -0.1) is 0 Å². The summed E-state index contributed by atoms with van der Waals surface area (Å²) in [6, 6.07) is 4.27. The van der Waals surface area contributed by atoms with Gasteiger partial charge in [0.1, 0.15) is 5.58 Å². The summed E-state index contributed by atoms with van der Waals surface area (Å²) in [5, 5.41) is 1.21. The predicted octanol–water partition coefficient (Wildman–Crippen LogP) is 2.55. The van der Waals surface area contributed by atoms with E-state index in [1.165, 1.54) is 22.1 Å². The highest BCUT2D eigenvalue weighted by atomic mass is 16.3. The molecule has 0 fully saturated rings. The lowest BCUT2D eigenvalue weighted by Gasteiger charge is -2.00. The first-order chi connectivity index (χ1) is 6.72. The summed E-state index contributed by atoms with van der Waals surface area (Å²) in [6.07, 6.45) is 2.70. The fraction of sp³-hybridized carbons (Fsp3) is 0.333. The van der Waals surface area contributed by atoms with E-state index in [4.69, 9.17) is 10.2 Å². The van der Waals surface area contributed by atoms with Crippen molar-refractivity contribution < 1.29 is 4.42 Å². The van der Waals surface area contributed by atoms with Crippen molar-refractivity contribution in [2.75, 3.05) is 6.54 Å². The molecule has 14 heavy (non-hydrogen) atoms. The smallest absolute Gasteiger partial charge is 0.134 e. The van der Waals surface area contributed by atoms with E-state index in [0.717, 1.165) is 12.0 Å². The maximum atomic E-state index is 5.54. The van der Waals surface area contributed by atoms with Crippen molar-refractivity contribution in [3.8, 4) is 0 Å². The highest BCUT2D eigenvalue weighted by molar-refractivity contribution is 5.82. The molecule has 1 aromatic heterocycles. The molecule has 0 saturated heterocycles. The minimum absolute atomic E-state index is 0.668. The Morgan fingerprint density at radius 2 is 1.93 bits per heavy atom. The third-order valence-corrected chi connectivity index (χ3v) is 2.68. The lowest BCUT2D eigenvalue weighted by Crippen LogP contribution is -2.01. The summed E-state index contributed by atoms with van der Waals surface area (Å²) in [5.41, 5.74) is 10.3. The molecular formula is C12H15NO. The maximum absolute atomic E-state index is 5.54. The van der Waals surface area contributed by atoms with Gasteiger partial charge in [-0.25, -0.2) is 0 Å². The van der Waals surface area contributed by atoms with E-state index >= 15 is 0 Å². The van der Waals surface area contributed by atoms with Gasteiger partial charge in [-0.1, -0.05) is 0 Å². The Morgan fingerprint density at radius 1 is 1.21 bits per heavy atom. The first-order valence-corrected chi connectivity index (χ1v) is 4.90. The quantitative estimate of drug-likeness (QED) is 0.788. The molecule has 0 unspecified atom stereocenters. The fourth-order valence-electron chi connectivity index (χ4n) is 1.69. The topological polar surface area (TPSA) is 39.2 Å². The summed E-state index contributed by atoms with van der Waals surface area (Å²) >= 11 is 0. The summed E-state index contributed by atoms with van der Waals surface area (Å²) in [5.74, 6) is 0. The van der Waals surface area contributed by atoms with E-state index in [9.17, 15) is 0 Å². The minimum atomic E-state index is 0.668. The van der Waals surface area contributed by atoms with Crippen LogP contribution < -0.4 is 5.73 Å². The molecule has 2 aromatic rings. The highest BCUT2D eigenvalue weighted by Gasteiger charge is 2.06. The van der Waals surface area contributed by atoms with E-state index in [1.807, 2.05) is 6.26 Å². The number of nitrogens with two attached hydrogens (primary N) is 1.